The smallest absolute Gasteiger partial charge is 0.310 e. The highest BCUT2D eigenvalue weighted by atomic mass is 31.1. The largest absolute Gasteiger partial charge is 0.407 e. The first-order valence-corrected chi connectivity index (χ1v) is 18.8. The van der Waals surface area contributed by atoms with Crippen LogP contribution in [0, 0.1) is 0 Å². The average Bonchev–Trinajstić information content (AvgIpc) is 3.40. The topological polar surface area (TPSA) is 29.5 Å². The Morgan fingerprint density at radius 2 is 0.942 bits per heavy atom. The Morgan fingerprint density at radius 1 is 0.519 bits per heavy atom. The molecule has 0 amide bonds. The van der Waals surface area contributed by atoms with Crippen LogP contribution in [-0.2, 0) is 6.54 Å². The standard InChI is InChI=1S/C48H36NO2P/c1-2-44(37-25-13-6-14-26-37)49(33-34-19-7-3-8-20-34)52-50-47-42(35-21-9-4-10-22-35)31-38-27-15-17-29-40(38)45(47)46-41-30-18-16-28-39(41)32-43(48(46)51-52)36-23-11-5-12-24-36/h2-32,44H,1,33H2/t44-/m1/s1. The second-order valence-corrected chi connectivity index (χ2v) is 14.4. The van der Waals surface area contributed by atoms with Crippen LogP contribution in [0.3, 0.4) is 0 Å². The van der Waals surface area contributed by atoms with Crippen molar-refractivity contribution in [3.63, 3.8) is 0 Å². The molecular weight excluding hydrogens is 654 g/mol. The zero-order valence-corrected chi connectivity index (χ0v) is 29.5. The van der Waals surface area contributed by atoms with E-state index in [1.54, 1.807) is 0 Å². The number of rotatable bonds is 8. The van der Waals surface area contributed by atoms with Gasteiger partial charge in [0.1, 0.15) is 0 Å². The Labute approximate surface area is 304 Å². The SMILES string of the molecule is C=C[C@H](c1ccccc1)N(Cc1ccccc1)p1oc2c(-c3ccccc3)cc3ccccc3c2c2c(o1)c(-c1ccccc1)cc1ccccc12. The lowest BCUT2D eigenvalue weighted by molar-refractivity contribution is 0.607. The van der Waals surface area contributed by atoms with Gasteiger partial charge in [-0.3, -0.25) is 0 Å². The van der Waals surface area contributed by atoms with Gasteiger partial charge in [0.15, 0.2) is 11.2 Å². The van der Waals surface area contributed by atoms with Crippen LogP contribution in [0.4, 0.5) is 0 Å². The molecule has 1 atom stereocenters. The molecule has 250 valence electrons. The summed E-state index contributed by atoms with van der Waals surface area (Å²) >= 11 is 0. The lowest BCUT2D eigenvalue weighted by atomic mass is 9.91. The molecular formula is C48H36NO2P. The maximum Gasteiger partial charge on any atom is 0.310 e. The molecule has 0 unspecified atom stereocenters. The van der Waals surface area contributed by atoms with Crippen molar-refractivity contribution >= 4 is 51.6 Å². The summed E-state index contributed by atoms with van der Waals surface area (Å²) in [5, 5.41) is 6.61. The van der Waals surface area contributed by atoms with Crippen molar-refractivity contribution in [1.82, 2.24) is 0 Å². The van der Waals surface area contributed by atoms with Gasteiger partial charge >= 0.3 is 8.16 Å². The summed E-state index contributed by atoms with van der Waals surface area (Å²) in [6, 6.07) is 63.9. The van der Waals surface area contributed by atoms with Gasteiger partial charge < -0.3 is 8.39 Å². The van der Waals surface area contributed by atoms with E-state index in [9.17, 15) is 0 Å². The third-order valence-electron chi connectivity index (χ3n) is 9.84. The van der Waals surface area contributed by atoms with Crippen molar-refractivity contribution in [2.75, 3.05) is 4.67 Å². The predicted molar refractivity (Wildman–Crippen MR) is 220 cm³/mol. The maximum atomic E-state index is 7.53. The molecule has 4 heteroatoms. The molecule has 1 aromatic heterocycles. The van der Waals surface area contributed by atoms with Crippen LogP contribution in [0.5, 0.6) is 0 Å². The van der Waals surface area contributed by atoms with Crippen LogP contribution >= 0.6 is 8.16 Å². The van der Waals surface area contributed by atoms with E-state index in [0.717, 1.165) is 76.9 Å². The van der Waals surface area contributed by atoms with Gasteiger partial charge in [0, 0.05) is 28.4 Å². The molecule has 3 nitrogen and oxygen atoms in total. The molecule has 0 saturated carbocycles. The minimum Gasteiger partial charge on any atom is -0.407 e. The number of hydrogen-bond acceptors (Lipinski definition) is 3. The number of hydrogen-bond donors (Lipinski definition) is 0. The highest BCUT2D eigenvalue weighted by molar-refractivity contribution is 7.39. The lowest BCUT2D eigenvalue weighted by Gasteiger charge is -2.27. The Bertz CT molecular complexity index is 2580. The van der Waals surface area contributed by atoms with E-state index in [-0.39, 0.29) is 6.04 Å². The molecule has 9 rings (SSSR count). The zero-order chi connectivity index (χ0) is 34.9. The summed E-state index contributed by atoms with van der Waals surface area (Å²) in [5.74, 6) is 0. The molecule has 0 spiro atoms. The van der Waals surface area contributed by atoms with E-state index in [1.807, 2.05) is 6.08 Å². The van der Waals surface area contributed by atoms with Crippen LogP contribution in [0.15, 0.2) is 203 Å². The minimum atomic E-state index is -1.79. The van der Waals surface area contributed by atoms with Crippen LogP contribution in [0.2, 0.25) is 0 Å². The third-order valence-corrected chi connectivity index (χ3v) is 11.3. The van der Waals surface area contributed by atoms with Crippen molar-refractivity contribution in [3.8, 4) is 22.3 Å². The molecule has 0 aliphatic rings. The highest BCUT2D eigenvalue weighted by Crippen LogP contribution is 2.49. The van der Waals surface area contributed by atoms with Crippen LogP contribution in [0.1, 0.15) is 17.2 Å². The fourth-order valence-electron chi connectivity index (χ4n) is 7.40. The van der Waals surface area contributed by atoms with Gasteiger partial charge in [0.25, 0.3) is 0 Å². The van der Waals surface area contributed by atoms with Crippen LogP contribution in [0.25, 0.3) is 65.7 Å². The van der Waals surface area contributed by atoms with Gasteiger partial charge in [-0.25, -0.2) is 0 Å². The normalized spacial score (nSPS) is 12.1. The zero-order valence-electron chi connectivity index (χ0n) is 28.6. The third kappa shape index (κ3) is 5.81. The molecule has 0 fully saturated rings. The lowest BCUT2D eigenvalue weighted by Crippen LogP contribution is -2.24. The molecule has 0 N–H and O–H groups in total. The summed E-state index contributed by atoms with van der Waals surface area (Å²) in [6.45, 7) is 4.97. The summed E-state index contributed by atoms with van der Waals surface area (Å²) in [6.07, 6.45) is 2.01. The molecule has 1 heterocycles. The summed E-state index contributed by atoms with van der Waals surface area (Å²) in [4.78, 5) is 0. The molecule has 0 saturated heterocycles. The van der Waals surface area contributed by atoms with Crippen LogP contribution < -0.4 is 4.67 Å². The first-order chi connectivity index (χ1) is 25.8. The van der Waals surface area contributed by atoms with Crippen LogP contribution in [-0.4, -0.2) is 0 Å². The molecule has 52 heavy (non-hydrogen) atoms. The first kappa shape index (κ1) is 31.8. The summed E-state index contributed by atoms with van der Waals surface area (Å²) in [5.41, 5.74) is 8.15. The second kappa shape index (κ2) is 13.9. The minimum absolute atomic E-state index is 0.196. The van der Waals surface area contributed by atoms with Gasteiger partial charge in [-0.1, -0.05) is 176 Å². The Morgan fingerprint density at radius 3 is 1.42 bits per heavy atom. The fraction of sp³-hybridized carbons (Fsp3) is 0.0417. The Kier molecular flexibility index (Phi) is 8.50. The van der Waals surface area contributed by atoms with E-state index in [4.69, 9.17) is 8.39 Å². The van der Waals surface area contributed by atoms with Crippen molar-refractivity contribution in [2.45, 2.75) is 12.6 Å². The molecule has 8 aromatic carbocycles. The van der Waals surface area contributed by atoms with Crippen molar-refractivity contribution in [1.29, 1.82) is 0 Å². The monoisotopic (exact) mass is 689 g/mol. The van der Waals surface area contributed by atoms with Crippen molar-refractivity contribution in [3.05, 3.63) is 206 Å². The fourth-order valence-corrected chi connectivity index (χ4v) is 9.04. The van der Waals surface area contributed by atoms with Gasteiger partial charge in [-0.15, -0.1) is 6.58 Å². The van der Waals surface area contributed by atoms with E-state index in [2.05, 4.69) is 193 Å². The number of benzene rings is 8. The van der Waals surface area contributed by atoms with E-state index >= 15 is 0 Å². The quantitative estimate of drug-likeness (QED) is 0.149. The number of nitrogens with zero attached hydrogens (tertiary/aromatic N) is 1. The predicted octanol–water partition coefficient (Wildman–Crippen LogP) is 14.0. The van der Waals surface area contributed by atoms with Gasteiger partial charge in [0.05, 0.1) is 6.04 Å². The van der Waals surface area contributed by atoms with E-state index in [0.29, 0.717) is 6.54 Å². The molecule has 9 aromatic rings. The van der Waals surface area contributed by atoms with Gasteiger partial charge in [0.2, 0.25) is 0 Å². The summed E-state index contributed by atoms with van der Waals surface area (Å²) in [7, 11) is -1.79. The molecule has 0 aliphatic carbocycles. The van der Waals surface area contributed by atoms with Gasteiger partial charge in [-0.2, -0.15) is 4.67 Å². The Hall–Kier alpha value is -6.12. The average molecular weight is 690 g/mol. The number of fused-ring (bicyclic) bond motifs is 7. The molecule has 0 bridgehead atoms. The van der Waals surface area contributed by atoms with Crippen molar-refractivity contribution in [2.24, 2.45) is 0 Å². The summed E-state index contributed by atoms with van der Waals surface area (Å²) < 4.78 is 17.4. The Balaban J connectivity index is 1.52. The molecule has 0 radical (unpaired) electrons. The van der Waals surface area contributed by atoms with Crippen molar-refractivity contribution < 1.29 is 8.39 Å². The van der Waals surface area contributed by atoms with Gasteiger partial charge in [-0.05, 0) is 55.9 Å². The van der Waals surface area contributed by atoms with E-state index in [1.165, 1.54) is 0 Å². The first-order valence-electron chi connectivity index (χ1n) is 17.6. The molecule has 0 aliphatic heterocycles. The second-order valence-electron chi connectivity index (χ2n) is 13.0. The maximum absolute atomic E-state index is 7.53. The highest BCUT2D eigenvalue weighted by Gasteiger charge is 2.27. The van der Waals surface area contributed by atoms with E-state index < -0.39 is 8.16 Å².